The summed E-state index contributed by atoms with van der Waals surface area (Å²) >= 11 is 5.94. The molecule has 3 aliphatic rings. The zero-order valence-electron chi connectivity index (χ0n) is 11.2. The van der Waals surface area contributed by atoms with Gasteiger partial charge in [0.15, 0.2) is 0 Å². The summed E-state index contributed by atoms with van der Waals surface area (Å²) < 4.78 is 0. The highest BCUT2D eigenvalue weighted by molar-refractivity contribution is 6.30. The fraction of sp³-hybridized carbons (Fsp3) is 0.647. The van der Waals surface area contributed by atoms with Crippen molar-refractivity contribution in [3.8, 4) is 0 Å². The Hall–Kier alpha value is -0.530. The molecule has 3 aliphatic carbocycles. The summed E-state index contributed by atoms with van der Waals surface area (Å²) in [5, 5.41) is 11.9. The maximum Gasteiger partial charge on any atom is 0.0721 e. The molecule has 0 aromatic heterocycles. The van der Waals surface area contributed by atoms with Gasteiger partial charge in [-0.1, -0.05) is 30.2 Å². The Balaban J connectivity index is 1.56. The minimum Gasteiger partial charge on any atom is -0.389 e. The van der Waals surface area contributed by atoms with Crippen molar-refractivity contribution < 1.29 is 5.11 Å². The van der Waals surface area contributed by atoms with Crippen LogP contribution in [0.5, 0.6) is 0 Å². The lowest BCUT2D eigenvalue weighted by Crippen LogP contribution is -2.43. The Labute approximate surface area is 120 Å². The number of hydrogen-bond donors (Lipinski definition) is 1. The Morgan fingerprint density at radius 3 is 2.68 bits per heavy atom. The van der Waals surface area contributed by atoms with Crippen LogP contribution in [0.1, 0.15) is 37.7 Å². The molecule has 2 heteroatoms. The molecule has 3 fully saturated rings. The summed E-state index contributed by atoms with van der Waals surface area (Å²) in [6.45, 7) is 0. The van der Waals surface area contributed by atoms with Crippen LogP contribution in [0.15, 0.2) is 24.3 Å². The SMILES string of the molecule is OC1(Cc2ccc(Cl)cc2)CC2CC1C1CCCC21. The van der Waals surface area contributed by atoms with Crippen molar-refractivity contribution in [2.75, 3.05) is 0 Å². The molecule has 4 rings (SSSR count). The molecule has 0 heterocycles. The summed E-state index contributed by atoms with van der Waals surface area (Å²) in [4.78, 5) is 0. The molecule has 2 bridgehead atoms. The van der Waals surface area contributed by atoms with Gasteiger partial charge in [0.2, 0.25) is 0 Å². The van der Waals surface area contributed by atoms with Crippen molar-refractivity contribution >= 4 is 11.6 Å². The van der Waals surface area contributed by atoms with Crippen LogP contribution in [0.4, 0.5) is 0 Å². The van der Waals surface area contributed by atoms with Crippen molar-refractivity contribution in [2.45, 2.75) is 44.1 Å². The number of benzene rings is 1. The van der Waals surface area contributed by atoms with Gasteiger partial charge < -0.3 is 5.11 Å². The van der Waals surface area contributed by atoms with E-state index in [-0.39, 0.29) is 0 Å². The van der Waals surface area contributed by atoms with Crippen molar-refractivity contribution in [1.82, 2.24) is 0 Å². The molecule has 3 saturated carbocycles. The van der Waals surface area contributed by atoms with E-state index in [9.17, 15) is 5.11 Å². The van der Waals surface area contributed by atoms with E-state index in [4.69, 9.17) is 11.6 Å². The van der Waals surface area contributed by atoms with Gasteiger partial charge in [-0.2, -0.15) is 0 Å². The second-order valence-corrected chi connectivity index (χ2v) is 7.41. The lowest BCUT2D eigenvalue weighted by molar-refractivity contribution is -0.0450. The van der Waals surface area contributed by atoms with E-state index in [2.05, 4.69) is 12.1 Å². The normalized spacial score (nSPS) is 43.7. The van der Waals surface area contributed by atoms with Crippen LogP contribution in [-0.2, 0) is 6.42 Å². The van der Waals surface area contributed by atoms with E-state index in [0.717, 1.165) is 35.6 Å². The van der Waals surface area contributed by atoms with Crippen LogP contribution in [-0.4, -0.2) is 10.7 Å². The summed E-state index contributed by atoms with van der Waals surface area (Å²) in [6.07, 6.45) is 7.28. The van der Waals surface area contributed by atoms with E-state index >= 15 is 0 Å². The van der Waals surface area contributed by atoms with Gasteiger partial charge in [-0.25, -0.2) is 0 Å². The van der Waals surface area contributed by atoms with E-state index in [1.807, 2.05) is 12.1 Å². The zero-order chi connectivity index (χ0) is 13.0. The molecule has 102 valence electrons. The first-order chi connectivity index (χ1) is 9.16. The quantitative estimate of drug-likeness (QED) is 0.863. The predicted octanol–water partition coefficient (Wildman–Crippen LogP) is 4.07. The summed E-state index contributed by atoms with van der Waals surface area (Å²) in [5.41, 5.74) is 0.790. The molecule has 0 saturated heterocycles. The monoisotopic (exact) mass is 276 g/mol. The third kappa shape index (κ3) is 1.86. The molecule has 19 heavy (non-hydrogen) atoms. The number of halogens is 1. The Morgan fingerprint density at radius 1 is 1.16 bits per heavy atom. The molecule has 0 radical (unpaired) electrons. The van der Waals surface area contributed by atoms with Crippen LogP contribution in [0.25, 0.3) is 0 Å². The molecule has 0 amide bonds. The average Bonchev–Trinajstić information content (AvgIpc) is 3.02. The lowest BCUT2D eigenvalue weighted by Gasteiger charge is -2.39. The Bertz CT molecular complexity index is 483. The van der Waals surface area contributed by atoms with Crippen LogP contribution >= 0.6 is 11.6 Å². The molecule has 1 aromatic carbocycles. The van der Waals surface area contributed by atoms with Gasteiger partial charge in [-0.15, -0.1) is 0 Å². The molecule has 5 unspecified atom stereocenters. The Morgan fingerprint density at radius 2 is 1.89 bits per heavy atom. The molecule has 1 N–H and O–H groups in total. The van der Waals surface area contributed by atoms with E-state index < -0.39 is 5.60 Å². The highest BCUT2D eigenvalue weighted by Crippen LogP contribution is 2.62. The van der Waals surface area contributed by atoms with E-state index in [1.54, 1.807) is 0 Å². The first kappa shape index (κ1) is 12.2. The van der Waals surface area contributed by atoms with Gasteiger partial charge in [0.25, 0.3) is 0 Å². The third-order valence-electron chi connectivity index (χ3n) is 6.03. The Kier molecular flexibility index (Phi) is 2.72. The minimum atomic E-state index is -0.440. The van der Waals surface area contributed by atoms with Gasteiger partial charge in [-0.05, 0) is 67.1 Å². The molecule has 5 atom stereocenters. The van der Waals surface area contributed by atoms with Gasteiger partial charge >= 0.3 is 0 Å². The number of fused-ring (bicyclic) bond motifs is 5. The number of hydrogen-bond acceptors (Lipinski definition) is 1. The van der Waals surface area contributed by atoms with Gasteiger partial charge in [-0.3, -0.25) is 0 Å². The van der Waals surface area contributed by atoms with Crippen molar-refractivity contribution in [3.63, 3.8) is 0 Å². The fourth-order valence-corrected chi connectivity index (χ4v) is 5.52. The highest BCUT2D eigenvalue weighted by Gasteiger charge is 2.59. The topological polar surface area (TPSA) is 20.2 Å². The van der Waals surface area contributed by atoms with Crippen molar-refractivity contribution in [1.29, 1.82) is 0 Å². The summed E-state index contributed by atoms with van der Waals surface area (Å²) in [7, 11) is 0. The average molecular weight is 277 g/mol. The van der Waals surface area contributed by atoms with Gasteiger partial charge in [0.05, 0.1) is 5.60 Å². The first-order valence-electron chi connectivity index (χ1n) is 7.62. The summed E-state index contributed by atoms with van der Waals surface area (Å²) in [5.74, 6) is 3.11. The van der Waals surface area contributed by atoms with Gasteiger partial charge in [0, 0.05) is 11.4 Å². The molecule has 0 spiro atoms. The van der Waals surface area contributed by atoms with Crippen LogP contribution in [0.3, 0.4) is 0 Å². The standard InChI is InChI=1S/C17H21ClO/c18-13-6-4-11(5-7-13)9-17(19)10-12-8-16(17)15-3-1-2-14(12)15/h4-7,12,14-16,19H,1-3,8-10H2. The molecular weight excluding hydrogens is 256 g/mol. The molecule has 1 aromatic rings. The van der Waals surface area contributed by atoms with Gasteiger partial charge in [0.1, 0.15) is 0 Å². The zero-order valence-corrected chi connectivity index (χ0v) is 11.9. The second kappa shape index (κ2) is 4.23. The third-order valence-corrected chi connectivity index (χ3v) is 6.29. The minimum absolute atomic E-state index is 0.440. The largest absolute Gasteiger partial charge is 0.389 e. The van der Waals surface area contributed by atoms with Crippen LogP contribution in [0.2, 0.25) is 5.02 Å². The summed E-state index contributed by atoms with van der Waals surface area (Å²) in [6, 6.07) is 8.01. The predicted molar refractivity (Wildman–Crippen MR) is 77.2 cm³/mol. The number of aliphatic hydroxyl groups is 1. The smallest absolute Gasteiger partial charge is 0.0721 e. The van der Waals surface area contributed by atoms with Crippen molar-refractivity contribution in [3.05, 3.63) is 34.9 Å². The van der Waals surface area contributed by atoms with Crippen LogP contribution < -0.4 is 0 Å². The van der Waals surface area contributed by atoms with Crippen LogP contribution in [0, 0.1) is 23.7 Å². The highest BCUT2D eigenvalue weighted by atomic mass is 35.5. The van der Waals surface area contributed by atoms with E-state index in [1.165, 1.54) is 31.2 Å². The maximum absolute atomic E-state index is 11.1. The first-order valence-corrected chi connectivity index (χ1v) is 8.00. The van der Waals surface area contributed by atoms with E-state index in [0.29, 0.717) is 5.92 Å². The maximum atomic E-state index is 11.1. The molecule has 0 aliphatic heterocycles. The fourth-order valence-electron chi connectivity index (χ4n) is 5.39. The lowest BCUT2D eigenvalue weighted by atomic mass is 9.71. The second-order valence-electron chi connectivity index (χ2n) is 6.97. The number of rotatable bonds is 2. The molecule has 1 nitrogen and oxygen atoms in total. The van der Waals surface area contributed by atoms with Crippen molar-refractivity contribution in [2.24, 2.45) is 23.7 Å². The molecular formula is C17H21ClO.